The molecule has 0 saturated carbocycles. The van der Waals surface area contributed by atoms with E-state index >= 15 is 0 Å². The van der Waals surface area contributed by atoms with E-state index in [1.165, 1.54) is 58.1 Å². The van der Waals surface area contributed by atoms with Crippen molar-refractivity contribution in [3.63, 3.8) is 0 Å². The SMILES string of the molecule is CCCCSc1ccc(C(SCCN(CC)CC)c2ccc(SCCCC)cc2)cc1. The summed E-state index contributed by atoms with van der Waals surface area (Å²) in [5.74, 6) is 3.59. The van der Waals surface area contributed by atoms with E-state index < -0.39 is 0 Å². The zero-order chi connectivity index (χ0) is 22.3. The van der Waals surface area contributed by atoms with Crippen LogP contribution in [0.25, 0.3) is 0 Å². The smallest absolute Gasteiger partial charge is 0.0547 e. The Labute approximate surface area is 204 Å². The first-order chi connectivity index (χ1) is 15.2. The predicted octanol–water partition coefficient (Wildman–Crippen LogP) is 8.64. The van der Waals surface area contributed by atoms with Gasteiger partial charge < -0.3 is 4.90 Å². The van der Waals surface area contributed by atoms with Crippen molar-refractivity contribution in [3.8, 4) is 0 Å². The third-order valence-corrected chi connectivity index (χ3v) is 8.98. The number of hydrogen-bond acceptors (Lipinski definition) is 4. The monoisotopic (exact) mass is 475 g/mol. The van der Waals surface area contributed by atoms with E-state index in [1.807, 2.05) is 23.5 Å². The molecule has 0 aliphatic heterocycles. The highest BCUT2D eigenvalue weighted by Gasteiger charge is 2.16. The maximum atomic E-state index is 2.52. The summed E-state index contributed by atoms with van der Waals surface area (Å²) in [6.45, 7) is 12.5. The number of nitrogens with zero attached hydrogens (tertiary/aromatic N) is 1. The molecule has 2 rings (SSSR count). The molecule has 1 nitrogen and oxygen atoms in total. The molecule has 0 spiro atoms. The lowest BCUT2D eigenvalue weighted by Gasteiger charge is -2.22. The molecule has 2 aromatic carbocycles. The van der Waals surface area contributed by atoms with Crippen LogP contribution in [0.1, 0.15) is 69.8 Å². The summed E-state index contributed by atoms with van der Waals surface area (Å²) in [7, 11) is 0. The lowest BCUT2D eigenvalue weighted by molar-refractivity contribution is 0.324. The minimum absolute atomic E-state index is 0.403. The van der Waals surface area contributed by atoms with Gasteiger partial charge in [-0.25, -0.2) is 0 Å². The minimum atomic E-state index is 0.403. The van der Waals surface area contributed by atoms with Crippen LogP contribution in [0, 0.1) is 0 Å². The molecular weight excluding hydrogens is 435 g/mol. The van der Waals surface area contributed by atoms with Crippen molar-refractivity contribution in [1.29, 1.82) is 0 Å². The zero-order valence-corrected chi connectivity index (χ0v) is 22.4. The van der Waals surface area contributed by atoms with Crippen molar-refractivity contribution >= 4 is 35.3 Å². The predicted molar refractivity (Wildman–Crippen MR) is 146 cm³/mol. The molecule has 0 bridgehead atoms. The molecular formula is C27H41NS3. The number of thioether (sulfide) groups is 3. The van der Waals surface area contributed by atoms with Gasteiger partial charge in [0.1, 0.15) is 0 Å². The standard InChI is InChI=1S/C27H41NS3/c1-5-9-20-29-25-15-11-23(12-16-25)27(31-22-19-28(7-3)8-4)24-13-17-26(18-14-24)30-21-10-6-2/h11-18,27H,5-10,19-22H2,1-4H3. The molecule has 0 aliphatic carbocycles. The lowest BCUT2D eigenvalue weighted by atomic mass is 10.0. The number of benzene rings is 2. The highest BCUT2D eigenvalue weighted by Crippen LogP contribution is 2.37. The van der Waals surface area contributed by atoms with E-state index in [0.717, 1.165) is 25.4 Å². The van der Waals surface area contributed by atoms with Crippen LogP contribution in [0.15, 0.2) is 58.3 Å². The molecule has 0 aromatic heterocycles. The van der Waals surface area contributed by atoms with Gasteiger partial charge in [-0.1, -0.05) is 64.8 Å². The summed E-state index contributed by atoms with van der Waals surface area (Å²) >= 11 is 6.05. The van der Waals surface area contributed by atoms with Crippen molar-refractivity contribution < 1.29 is 0 Å². The highest BCUT2D eigenvalue weighted by molar-refractivity contribution is 8.00. The van der Waals surface area contributed by atoms with Gasteiger partial charge in [0.2, 0.25) is 0 Å². The first-order valence-electron chi connectivity index (χ1n) is 12.0. The Bertz CT molecular complexity index is 642. The third kappa shape index (κ3) is 9.86. The zero-order valence-electron chi connectivity index (χ0n) is 19.9. The van der Waals surface area contributed by atoms with Crippen molar-refractivity contribution in [2.45, 2.75) is 68.4 Å². The van der Waals surface area contributed by atoms with Crippen molar-refractivity contribution in [2.24, 2.45) is 0 Å². The van der Waals surface area contributed by atoms with Crippen LogP contribution in [-0.4, -0.2) is 41.8 Å². The van der Waals surface area contributed by atoms with Crippen LogP contribution in [0.4, 0.5) is 0 Å². The molecule has 0 heterocycles. The molecule has 2 aromatic rings. The normalized spacial score (nSPS) is 11.5. The lowest BCUT2D eigenvalue weighted by Crippen LogP contribution is -2.25. The van der Waals surface area contributed by atoms with Gasteiger partial charge in [0.25, 0.3) is 0 Å². The van der Waals surface area contributed by atoms with E-state index in [2.05, 4.69) is 92.9 Å². The van der Waals surface area contributed by atoms with Crippen LogP contribution < -0.4 is 0 Å². The summed E-state index contributed by atoms with van der Waals surface area (Å²) < 4.78 is 0. The van der Waals surface area contributed by atoms with Crippen molar-refractivity contribution in [2.75, 3.05) is 36.9 Å². The Kier molecular flexibility index (Phi) is 13.9. The molecule has 31 heavy (non-hydrogen) atoms. The van der Waals surface area contributed by atoms with Gasteiger partial charge in [-0.3, -0.25) is 0 Å². The Morgan fingerprint density at radius 2 is 1.10 bits per heavy atom. The Morgan fingerprint density at radius 3 is 1.48 bits per heavy atom. The molecule has 0 atom stereocenters. The van der Waals surface area contributed by atoms with E-state index in [1.54, 1.807) is 0 Å². The summed E-state index contributed by atoms with van der Waals surface area (Å²) in [5.41, 5.74) is 2.85. The van der Waals surface area contributed by atoms with Gasteiger partial charge >= 0.3 is 0 Å². The molecule has 172 valence electrons. The van der Waals surface area contributed by atoms with E-state index in [0.29, 0.717) is 5.25 Å². The fraction of sp³-hybridized carbons (Fsp3) is 0.556. The average Bonchev–Trinajstić information content (AvgIpc) is 2.81. The third-order valence-electron chi connectivity index (χ3n) is 5.49. The Hall–Kier alpha value is -0.550. The topological polar surface area (TPSA) is 3.24 Å². The van der Waals surface area contributed by atoms with Crippen molar-refractivity contribution in [1.82, 2.24) is 4.90 Å². The number of hydrogen-bond donors (Lipinski definition) is 0. The number of unbranched alkanes of at least 4 members (excludes halogenated alkanes) is 2. The maximum Gasteiger partial charge on any atom is 0.0547 e. The largest absolute Gasteiger partial charge is 0.303 e. The van der Waals surface area contributed by atoms with Gasteiger partial charge in [0.15, 0.2) is 0 Å². The summed E-state index contributed by atoms with van der Waals surface area (Å²) in [6, 6.07) is 18.7. The molecule has 0 amide bonds. The van der Waals surface area contributed by atoms with E-state index in [9.17, 15) is 0 Å². The van der Waals surface area contributed by atoms with Crippen molar-refractivity contribution in [3.05, 3.63) is 59.7 Å². The maximum absolute atomic E-state index is 2.52. The second kappa shape index (κ2) is 16.1. The summed E-state index contributed by atoms with van der Waals surface area (Å²) in [6.07, 6.45) is 5.11. The molecule has 0 unspecified atom stereocenters. The molecule has 0 N–H and O–H groups in total. The second-order valence-corrected chi connectivity index (χ2v) is 11.4. The van der Waals surface area contributed by atoms with Crippen LogP contribution in [0.5, 0.6) is 0 Å². The summed E-state index contributed by atoms with van der Waals surface area (Å²) in [5, 5.41) is 0.403. The van der Waals surface area contributed by atoms with Gasteiger partial charge in [-0.15, -0.1) is 35.3 Å². The van der Waals surface area contributed by atoms with Gasteiger partial charge in [-0.05, 0) is 72.8 Å². The fourth-order valence-corrected chi connectivity index (χ4v) is 6.66. The second-order valence-electron chi connectivity index (χ2n) is 7.82. The average molecular weight is 476 g/mol. The van der Waals surface area contributed by atoms with Crippen LogP contribution in [0.3, 0.4) is 0 Å². The van der Waals surface area contributed by atoms with Gasteiger partial charge in [0, 0.05) is 22.1 Å². The number of rotatable bonds is 16. The quantitative estimate of drug-likeness (QED) is 0.176. The highest BCUT2D eigenvalue weighted by atomic mass is 32.2. The Balaban J connectivity index is 2.10. The van der Waals surface area contributed by atoms with Crippen LogP contribution in [-0.2, 0) is 0 Å². The minimum Gasteiger partial charge on any atom is -0.303 e. The van der Waals surface area contributed by atoms with E-state index in [4.69, 9.17) is 0 Å². The van der Waals surface area contributed by atoms with Gasteiger partial charge in [-0.2, -0.15) is 0 Å². The molecule has 0 fully saturated rings. The molecule has 0 radical (unpaired) electrons. The van der Waals surface area contributed by atoms with E-state index in [-0.39, 0.29) is 0 Å². The van der Waals surface area contributed by atoms with Crippen LogP contribution in [0.2, 0.25) is 0 Å². The van der Waals surface area contributed by atoms with Gasteiger partial charge in [0.05, 0.1) is 5.25 Å². The molecule has 0 aliphatic rings. The van der Waals surface area contributed by atoms with Crippen LogP contribution >= 0.6 is 35.3 Å². The fourth-order valence-electron chi connectivity index (χ4n) is 3.37. The molecule has 4 heteroatoms. The Morgan fingerprint density at radius 1 is 0.645 bits per heavy atom. The molecule has 0 saturated heterocycles. The summed E-state index contributed by atoms with van der Waals surface area (Å²) in [4.78, 5) is 5.31. The first-order valence-corrected chi connectivity index (χ1v) is 15.0. The first kappa shape index (κ1) is 26.7.